The summed E-state index contributed by atoms with van der Waals surface area (Å²) in [5, 5.41) is 0. The van der Waals surface area contributed by atoms with Gasteiger partial charge in [0.15, 0.2) is 0 Å². The average molecular weight is 136 g/mol. The van der Waals surface area contributed by atoms with Crippen LogP contribution in [-0.4, -0.2) is 24.3 Å². The number of likely N-dealkylation sites (N-methyl/N-ethyl adjacent to an activating group) is 1. The minimum absolute atomic E-state index is 0.944. The normalized spacial score (nSPS) is 24.6. The molecule has 0 unspecified atom stereocenters. The molecule has 10 heavy (non-hydrogen) atoms. The van der Waals surface area contributed by atoms with Crippen molar-refractivity contribution in [2.24, 2.45) is 4.99 Å². The first-order chi connectivity index (χ1) is 4.80. The van der Waals surface area contributed by atoms with E-state index in [2.05, 4.69) is 16.0 Å². The van der Waals surface area contributed by atoms with Crippen molar-refractivity contribution in [3.05, 3.63) is 24.4 Å². The van der Waals surface area contributed by atoms with E-state index in [1.54, 1.807) is 0 Å². The van der Waals surface area contributed by atoms with Crippen molar-refractivity contribution >= 4 is 5.84 Å². The number of allylic oxidation sites excluding steroid dienone is 2. The highest BCUT2D eigenvalue weighted by atomic mass is 15.1. The molecule has 0 aliphatic carbocycles. The van der Waals surface area contributed by atoms with Gasteiger partial charge < -0.3 is 4.90 Å². The van der Waals surface area contributed by atoms with E-state index in [0.29, 0.717) is 0 Å². The van der Waals surface area contributed by atoms with Crippen LogP contribution in [0.5, 0.6) is 0 Å². The van der Waals surface area contributed by atoms with E-state index in [4.69, 9.17) is 0 Å². The molecule has 0 spiro atoms. The van der Waals surface area contributed by atoms with Crippen LogP contribution in [0, 0.1) is 0 Å². The van der Waals surface area contributed by atoms with Crippen molar-refractivity contribution in [1.82, 2.24) is 4.90 Å². The first-order valence-corrected chi connectivity index (χ1v) is 3.38. The molecule has 0 aromatic rings. The molecular weight excluding hydrogens is 124 g/mol. The van der Waals surface area contributed by atoms with Gasteiger partial charge in [-0.05, 0) is 13.0 Å². The third-order valence-electron chi connectivity index (χ3n) is 1.53. The van der Waals surface area contributed by atoms with Crippen LogP contribution < -0.4 is 0 Å². The molecule has 0 atom stereocenters. The molecule has 0 N–H and O–H groups in total. The number of hydrogen-bond donors (Lipinski definition) is 0. The quantitative estimate of drug-likeness (QED) is 0.491. The molecule has 2 nitrogen and oxygen atoms in total. The zero-order valence-electron chi connectivity index (χ0n) is 6.41. The largest absolute Gasteiger partial charge is 0.360 e. The standard InChI is InChI=1S/C8H12N2/c1-8-9-6-4-3-5-7-10(8)2/h3-6H,7H2,1-2H3/b5-3-,6-4-,9-8?. The molecule has 0 radical (unpaired) electrons. The lowest BCUT2D eigenvalue weighted by Crippen LogP contribution is -2.24. The van der Waals surface area contributed by atoms with Gasteiger partial charge in [-0.25, -0.2) is 4.99 Å². The number of rotatable bonds is 0. The van der Waals surface area contributed by atoms with Gasteiger partial charge in [-0.3, -0.25) is 0 Å². The van der Waals surface area contributed by atoms with E-state index in [1.807, 2.05) is 32.3 Å². The lowest BCUT2D eigenvalue weighted by atomic mass is 10.4. The van der Waals surface area contributed by atoms with Crippen molar-refractivity contribution < 1.29 is 0 Å². The minimum Gasteiger partial charge on any atom is -0.360 e. The van der Waals surface area contributed by atoms with Gasteiger partial charge in [0.25, 0.3) is 0 Å². The van der Waals surface area contributed by atoms with Crippen molar-refractivity contribution in [3.8, 4) is 0 Å². The average Bonchev–Trinajstić information content (AvgIpc) is 1.92. The van der Waals surface area contributed by atoms with E-state index >= 15 is 0 Å². The third-order valence-corrected chi connectivity index (χ3v) is 1.53. The topological polar surface area (TPSA) is 15.6 Å². The Morgan fingerprint density at radius 1 is 1.50 bits per heavy atom. The first-order valence-electron chi connectivity index (χ1n) is 3.38. The summed E-state index contributed by atoms with van der Waals surface area (Å²) in [4.78, 5) is 6.27. The van der Waals surface area contributed by atoms with E-state index in [1.165, 1.54) is 0 Å². The molecule has 1 heterocycles. The molecule has 0 aromatic carbocycles. The van der Waals surface area contributed by atoms with E-state index in [-0.39, 0.29) is 0 Å². The monoisotopic (exact) mass is 136 g/mol. The fraction of sp³-hybridized carbons (Fsp3) is 0.375. The van der Waals surface area contributed by atoms with Crippen LogP contribution in [0.1, 0.15) is 6.92 Å². The van der Waals surface area contributed by atoms with Crippen molar-refractivity contribution in [1.29, 1.82) is 0 Å². The second-order valence-electron chi connectivity index (χ2n) is 2.33. The summed E-state index contributed by atoms with van der Waals surface area (Å²) in [6.45, 7) is 2.95. The summed E-state index contributed by atoms with van der Waals surface area (Å²) in [6, 6.07) is 0. The molecule has 2 heteroatoms. The van der Waals surface area contributed by atoms with Crippen LogP contribution in [0.2, 0.25) is 0 Å². The first kappa shape index (κ1) is 7.06. The number of amidine groups is 1. The fourth-order valence-corrected chi connectivity index (χ4v) is 0.729. The summed E-state index contributed by atoms with van der Waals surface area (Å²) < 4.78 is 0. The third kappa shape index (κ3) is 1.72. The van der Waals surface area contributed by atoms with Crippen LogP contribution in [-0.2, 0) is 0 Å². The molecule has 1 aliphatic rings. The molecule has 54 valence electrons. The highest BCUT2D eigenvalue weighted by molar-refractivity contribution is 5.80. The summed E-state index contributed by atoms with van der Waals surface area (Å²) in [7, 11) is 2.03. The van der Waals surface area contributed by atoms with Gasteiger partial charge in [0, 0.05) is 19.8 Å². The highest BCUT2D eigenvalue weighted by Crippen LogP contribution is 1.93. The number of nitrogens with zero attached hydrogens (tertiary/aromatic N) is 2. The molecule has 0 saturated carbocycles. The molecule has 1 aliphatic heterocycles. The van der Waals surface area contributed by atoms with Crippen LogP contribution >= 0.6 is 0 Å². The van der Waals surface area contributed by atoms with E-state index in [9.17, 15) is 0 Å². The van der Waals surface area contributed by atoms with Crippen molar-refractivity contribution in [3.63, 3.8) is 0 Å². The second kappa shape index (κ2) is 3.20. The highest BCUT2D eigenvalue weighted by Gasteiger charge is 1.95. The smallest absolute Gasteiger partial charge is 0.101 e. The van der Waals surface area contributed by atoms with E-state index < -0.39 is 0 Å². The predicted molar refractivity (Wildman–Crippen MR) is 44.0 cm³/mol. The maximum absolute atomic E-state index is 4.18. The maximum atomic E-state index is 4.18. The summed E-state index contributed by atoms with van der Waals surface area (Å²) >= 11 is 0. The van der Waals surface area contributed by atoms with Gasteiger partial charge in [0.2, 0.25) is 0 Å². The minimum atomic E-state index is 0.944. The van der Waals surface area contributed by atoms with Gasteiger partial charge >= 0.3 is 0 Å². The lowest BCUT2D eigenvalue weighted by Gasteiger charge is -2.15. The Labute approximate surface area is 61.6 Å². The Hall–Kier alpha value is -1.05. The zero-order valence-corrected chi connectivity index (χ0v) is 6.41. The number of hydrogen-bond acceptors (Lipinski definition) is 2. The Morgan fingerprint density at radius 2 is 2.30 bits per heavy atom. The Balaban J connectivity index is 2.73. The fourth-order valence-electron chi connectivity index (χ4n) is 0.729. The van der Waals surface area contributed by atoms with Gasteiger partial charge in [0.05, 0.1) is 0 Å². The Bertz CT molecular complexity index is 189. The molecular formula is C8H12N2. The molecule has 0 fully saturated rings. The van der Waals surface area contributed by atoms with Crippen LogP contribution in [0.15, 0.2) is 29.4 Å². The van der Waals surface area contributed by atoms with Gasteiger partial charge in [-0.2, -0.15) is 0 Å². The lowest BCUT2D eigenvalue weighted by molar-refractivity contribution is 0.559. The molecule has 0 bridgehead atoms. The summed E-state index contributed by atoms with van der Waals surface area (Å²) in [5.41, 5.74) is 0. The maximum Gasteiger partial charge on any atom is 0.101 e. The summed E-state index contributed by atoms with van der Waals surface area (Å²) in [5.74, 6) is 1.06. The van der Waals surface area contributed by atoms with Gasteiger partial charge in [-0.15, -0.1) is 0 Å². The molecule has 0 saturated heterocycles. The van der Waals surface area contributed by atoms with Crippen LogP contribution in [0.3, 0.4) is 0 Å². The van der Waals surface area contributed by atoms with E-state index in [0.717, 1.165) is 12.4 Å². The van der Waals surface area contributed by atoms with Gasteiger partial charge in [-0.1, -0.05) is 12.2 Å². The molecule has 1 rings (SSSR count). The summed E-state index contributed by atoms with van der Waals surface area (Å²) in [6.07, 6.45) is 7.86. The van der Waals surface area contributed by atoms with Gasteiger partial charge in [0.1, 0.15) is 5.84 Å². The Morgan fingerprint density at radius 3 is 3.10 bits per heavy atom. The Kier molecular flexibility index (Phi) is 2.26. The SMILES string of the molecule is CC1=N/C=C\C=C/CN1C. The van der Waals surface area contributed by atoms with Crippen LogP contribution in [0.25, 0.3) is 0 Å². The zero-order chi connectivity index (χ0) is 7.40. The molecule has 0 amide bonds. The second-order valence-corrected chi connectivity index (χ2v) is 2.33. The predicted octanol–water partition coefficient (Wildman–Crippen LogP) is 1.42. The van der Waals surface area contributed by atoms with Crippen molar-refractivity contribution in [2.45, 2.75) is 6.92 Å². The van der Waals surface area contributed by atoms with Crippen LogP contribution in [0.4, 0.5) is 0 Å². The molecule has 0 aromatic heterocycles. The number of aliphatic imine (C=N–C) groups is 1. The van der Waals surface area contributed by atoms with Crippen molar-refractivity contribution in [2.75, 3.05) is 13.6 Å².